The number of rotatable bonds is 7. The Kier molecular flexibility index (Phi) is 6.98. The standard InChI is InChI=1S/C14H20ClN3O3/c1-10(19)16-6-7-18(2)9-14(20)17-12-8-11(15)4-5-13(12)21-3/h4-5,8H,6-7,9H2,1-3H3,(H,16,19)(H,17,20)/p+1. The molecule has 116 valence electrons. The Hall–Kier alpha value is -1.79. The van der Waals surface area contributed by atoms with Gasteiger partial charge in [0, 0.05) is 11.9 Å². The fraction of sp³-hybridized carbons (Fsp3) is 0.429. The van der Waals surface area contributed by atoms with Crippen molar-refractivity contribution in [1.29, 1.82) is 0 Å². The summed E-state index contributed by atoms with van der Waals surface area (Å²) in [4.78, 5) is 23.7. The minimum Gasteiger partial charge on any atom is -0.495 e. The van der Waals surface area contributed by atoms with Crippen LogP contribution in [-0.4, -0.2) is 45.6 Å². The summed E-state index contributed by atoms with van der Waals surface area (Å²) in [6, 6.07) is 5.04. The van der Waals surface area contributed by atoms with Crippen molar-refractivity contribution < 1.29 is 19.2 Å². The number of carbonyl (C=O) groups excluding carboxylic acids is 2. The van der Waals surface area contributed by atoms with Gasteiger partial charge >= 0.3 is 0 Å². The maximum Gasteiger partial charge on any atom is 0.279 e. The highest BCUT2D eigenvalue weighted by Crippen LogP contribution is 2.27. The molecule has 0 aromatic heterocycles. The summed E-state index contributed by atoms with van der Waals surface area (Å²) in [7, 11) is 3.42. The van der Waals surface area contributed by atoms with E-state index in [1.54, 1.807) is 18.2 Å². The number of methoxy groups -OCH3 is 1. The normalized spacial score (nSPS) is 11.6. The number of benzene rings is 1. The molecule has 0 bridgehead atoms. The summed E-state index contributed by atoms with van der Waals surface area (Å²) < 4.78 is 5.17. The molecule has 0 aliphatic carbocycles. The third-order valence-electron chi connectivity index (χ3n) is 2.82. The van der Waals surface area contributed by atoms with Crippen molar-refractivity contribution in [2.24, 2.45) is 0 Å². The molecule has 6 nitrogen and oxygen atoms in total. The molecular formula is C14H21ClN3O3+. The van der Waals surface area contributed by atoms with Gasteiger partial charge in [-0.25, -0.2) is 0 Å². The van der Waals surface area contributed by atoms with Crippen LogP contribution in [0.4, 0.5) is 5.69 Å². The predicted molar refractivity (Wildman–Crippen MR) is 81.9 cm³/mol. The number of halogens is 1. The number of amides is 2. The van der Waals surface area contributed by atoms with Gasteiger partial charge in [0.2, 0.25) is 5.91 Å². The maximum atomic E-state index is 12.0. The summed E-state index contributed by atoms with van der Waals surface area (Å²) in [6.45, 7) is 2.96. The second-order valence-electron chi connectivity index (χ2n) is 4.76. The molecule has 21 heavy (non-hydrogen) atoms. The number of hydrogen-bond donors (Lipinski definition) is 3. The molecule has 0 saturated heterocycles. The molecule has 0 saturated carbocycles. The molecule has 1 atom stereocenters. The zero-order valence-corrected chi connectivity index (χ0v) is 13.2. The number of hydrogen-bond acceptors (Lipinski definition) is 3. The van der Waals surface area contributed by atoms with Gasteiger partial charge in [-0.1, -0.05) is 11.6 Å². The van der Waals surface area contributed by atoms with Gasteiger partial charge in [0.05, 0.1) is 32.9 Å². The number of likely N-dealkylation sites (N-methyl/N-ethyl adjacent to an activating group) is 1. The highest BCUT2D eigenvalue weighted by atomic mass is 35.5. The molecule has 0 radical (unpaired) electrons. The number of anilines is 1. The van der Waals surface area contributed by atoms with Crippen molar-refractivity contribution in [3.8, 4) is 5.75 Å². The number of nitrogens with one attached hydrogen (secondary N) is 3. The van der Waals surface area contributed by atoms with Crippen LogP contribution in [0.25, 0.3) is 0 Å². The minimum atomic E-state index is -0.143. The van der Waals surface area contributed by atoms with E-state index in [1.165, 1.54) is 14.0 Å². The van der Waals surface area contributed by atoms with Crippen LogP contribution < -0.4 is 20.3 Å². The molecule has 1 aromatic carbocycles. The first kappa shape index (κ1) is 17.3. The van der Waals surface area contributed by atoms with E-state index in [4.69, 9.17) is 16.3 Å². The Morgan fingerprint density at radius 3 is 2.71 bits per heavy atom. The van der Waals surface area contributed by atoms with Crippen molar-refractivity contribution in [2.45, 2.75) is 6.92 Å². The first-order chi connectivity index (χ1) is 9.92. The third kappa shape index (κ3) is 6.46. The summed E-state index contributed by atoms with van der Waals surface area (Å²) in [5.41, 5.74) is 0.546. The van der Waals surface area contributed by atoms with Gasteiger partial charge in [0.15, 0.2) is 6.54 Å². The predicted octanol–water partition coefficient (Wildman–Crippen LogP) is -0.0621. The lowest BCUT2D eigenvalue weighted by molar-refractivity contribution is -0.869. The monoisotopic (exact) mass is 314 g/mol. The molecule has 0 spiro atoms. The fourth-order valence-corrected chi connectivity index (χ4v) is 1.96. The Balaban J connectivity index is 2.49. The average Bonchev–Trinajstić information content (AvgIpc) is 2.38. The van der Waals surface area contributed by atoms with Crippen LogP contribution in [0.15, 0.2) is 18.2 Å². The fourth-order valence-electron chi connectivity index (χ4n) is 1.79. The lowest BCUT2D eigenvalue weighted by atomic mass is 10.3. The molecule has 0 fully saturated rings. The molecular weight excluding hydrogens is 294 g/mol. The summed E-state index contributed by atoms with van der Waals surface area (Å²) in [5.74, 6) is 0.343. The SMILES string of the molecule is COc1ccc(Cl)cc1NC(=O)C[NH+](C)CCNC(C)=O. The Morgan fingerprint density at radius 2 is 2.10 bits per heavy atom. The van der Waals surface area contributed by atoms with Gasteiger partial charge in [0.25, 0.3) is 5.91 Å². The quantitative estimate of drug-likeness (QED) is 0.660. The first-order valence-electron chi connectivity index (χ1n) is 6.61. The second-order valence-corrected chi connectivity index (χ2v) is 5.20. The second kappa shape index (κ2) is 8.49. The van der Waals surface area contributed by atoms with Gasteiger partial charge in [-0.15, -0.1) is 0 Å². The highest BCUT2D eigenvalue weighted by Gasteiger charge is 2.13. The largest absolute Gasteiger partial charge is 0.495 e. The molecule has 1 rings (SSSR count). The molecule has 3 N–H and O–H groups in total. The lowest BCUT2D eigenvalue weighted by Crippen LogP contribution is -3.10. The summed E-state index contributed by atoms with van der Waals surface area (Å²) in [5, 5.41) is 6.00. The van der Waals surface area contributed by atoms with Gasteiger partial charge in [-0.3, -0.25) is 9.59 Å². The number of carbonyl (C=O) groups is 2. The number of ether oxygens (including phenoxy) is 1. The Bertz CT molecular complexity index is 508. The summed E-state index contributed by atoms with van der Waals surface area (Å²) in [6.07, 6.45) is 0. The van der Waals surface area contributed by atoms with E-state index >= 15 is 0 Å². The molecule has 7 heteroatoms. The zero-order chi connectivity index (χ0) is 15.8. The average molecular weight is 315 g/mol. The van der Waals surface area contributed by atoms with Gasteiger partial charge in [-0.05, 0) is 18.2 Å². The molecule has 0 aliphatic rings. The lowest BCUT2D eigenvalue weighted by Gasteiger charge is -2.15. The topological polar surface area (TPSA) is 71.9 Å². The van der Waals surface area contributed by atoms with E-state index in [-0.39, 0.29) is 18.4 Å². The van der Waals surface area contributed by atoms with Crippen LogP contribution in [0.3, 0.4) is 0 Å². The van der Waals surface area contributed by atoms with E-state index in [9.17, 15) is 9.59 Å². The van der Waals surface area contributed by atoms with Crippen molar-refractivity contribution in [2.75, 3.05) is 39.1 Å². The third-order valence-corrected chi connectivity index (χ3v) is 3.06. The van der Waals surface area contributed by atoms with E-state index in [0.717, 1.165) is 4.90 Å². The zero-order valence-electron chi connectivity index (χ0n) is 12.5. The van der Waals surface area contributed by atoms with E-state index in [1.807, 2.05) is 7.05 Å². The number of quaternary nitrogens is 1. The van der Waals surface area contributed by atoms with Crippen molar-refractivity contribution in [1.82, 2.24) is 5.32 Å². The van der Waals surface area contributed by atoms with Crippen molar-refractivity contribution in [3.05, 3.63) is 23.2 Å². The van der Waals surface area contributed by atoms with Crippen LogP contribution in [0.2, 0.25) is 5.02 Å². The first-order valence-corrected chi connectivity index (χ1v) is 6.99. The van der Waals surface area contributed by atoms with Gasteiger partial charge in [0.1, 0.15) is 5.75 Å². The Morgan fingerprint density at radius 1 is 1.38 bits per heavy atom. The minimum absolute atomic E-state index is 0.0732. The molecule has 0 aliphatic heterocycles. The molecule has 1 unspecified atom stereocenters. The van der Waals surface area contributed by atoms with E-state index in [0.29, 0.717) is 29.5 Å². The smallest absolute Gasteiger partial charge is 0.279 e. The van der Waals surface area contributed by atoms with E-state index in [2.05, 4.69) is 10.6 Å². The Labute approximate surface area is 129 Å². The van der Waals surface area contributed by atoms with Crippen molar-refractivity contribution in [3.63, 3.8) is 0 Å². The van der Waals surface area contributed by atoms with Crippen LogP contribution in [0.5, 0.6) is 5.75 Å². The maximum absolute atomic E-state index is 12.0. The van der Waals surface area contributed by atoms with Crippen LogP contribution in [0, 0.1) is 0 Å². The molecule has 0 heterocycles. The van der Waals surface area contributed by atoms with Gasteiger partial charge < -0.3 is 20.3 Å². The molecule has 1 aromatic rings. The summed E-state index contributed by atoms with van der Waals surface area (Å²) >= 11 is 5.91. The van der Waals surface area contributed by atoms with Crippen LogP contribution in [0.1, 0.15) is 6.92 Å². The van der Waals surface area contributed by atoms with E-state index < -0.39 is 0 Å². The van der Waals surface area contributed by atoms with Crippen LogP contribution >= 0.6 is 11.6 Å². The molecule has 2 amide bonds. The van der Waals surface area contributed by atoms with Crippen LogP contribution in [-0.2, 0) is 9.59 Å². The van der Waals surface area contributed by atoms with Crippen molar-refractivity contribution >= 4 is 29.1 Å². The highest BCUT2D eigenvalue weighted by molar-refractivity contribution is 6.31. The van der Waals surface area contributed by atoms with Gasteiger partial charge in [-0.2, -0.15) is 0 Å².